The van der Waals surface area contributed by atoms with E-state index in [1.54, 1.807) is 18.2 Å². The molecule has 0 aliphatic rings. The molecular weight excluding hydrogens is 346 g/mol. The van der Waals surface area contributed by atoms with Crippen LogP contribution in [0, 0.1) is 11.3 Å². The second-order valence-corrected chi connectivity index (χ2v) is 6.58. The molecule has 0 fully saturated rings. The molecule has 3 aromatic carbocycles. The molecule has 26 heavy (non-hydrogen) atoms. The molecule has 5 heteroatoms. The van der Waals surface area contributed by atoms with Crippen LogP contribution in [0.15, 0.2) is 60.7 Å². The quantitative estimate of drug-likeness (QED) is 0.725. The van der Waals surface area contributed by atoms with Gasteiger partial charge in [0, 0.05) is 10.6 Å². The van der Waals surface area contributed by atoms with Crippen molar-refractivity contribution in [2.45, 2.75) is 13.0 Å². The number of amides is 1. The molecule has 0 radical (unpaired) electrons. The van der Waals surface area contributed by atoms with Crippen LogP contribution in [-0.4, -0.2) is 12.5 Å². The Morgan fingerprint density at radius 3 is 2.77 bits per heavy atom. The van der Waals surface area contributed by atoms with Gasteiger partial charge < -0.3 is 10.6 Å². The van der Waals surface area contributed by atoms with Gasteiger partial charge in [0.25, 0.3) is 5.91 Å². The highest BCUT2D eigenvalue weighted by Gasteiger charge is 2.15. The molecule has 3 rings (SSSR count). The topological polar surface area (TPSA) is 69.5 Å². The number of nitrogens with zero attached hydrogens (tertiary/aromatic N) is 1. The smallest absolute Gasteiger partial charge is 0.279 e. The first kappa shape index (κ1) is 17.9. The van der Waals surface area contributed by atoms with Crippen molar-refractivity contribution in [2.75, 3.05) is 11.9 Å². The summed E-state index contributed by atoms with van der Waals surface area (Å²) < 4.78 is 0. The van der Waals surface area contributed by atoms with Gasteiger partial charge in [-0.1, -0.05) is 54.1 Å². The number of nitrogens with one attached hydrogen (secondary N) is 1. The minimum atomic E-state index is -0.171. The van der Waals surface area contributed by atoms with E-state index in [2.05, 4.69) is 42.6 Å². The molecule has 1 amide bonds. The third-order valence-corrected chi connectivity index (χ3v) is 4.58. The summed E-state index contributed by atoms with van der Waals surface area (Å²) in [5, 5.41) is 16.7. The van der Waals surface area contributed by atoms with E-state index >= 15 is 0 Å². The Hall–Kier alpha value is -2.87. The number of benzene rings is 3. The molecule has 3 aromatic rings. The van der Waals surface area contributed by atoms with Crippen LogP contribution < -0.4 is 10.6 Å². The first-order valence-corrected chi connectivity index (χ1v) is 8.77. The summed E-state index contributed by atoms with van der Waals surface area (Å²) in [5.41, 5.74) is 2.03. The molecular formula is C21H19ClN3O+. The van der Waals surface area contributed by atoms with Crippen molar-refractivity contribution in [3.63, 3.8) is 0 Å². The van der Waals surface area contributed by atoms with E-state index in [-0.39, 0.29) is 18.5 Å². The fourth-order valence-electron chi connectivity index (χ4n) is 2.98. The maximum atomic E-state index is 12.3. The second-order valence-electron chi connectivity index (χ2n) is 6.15. The van der Waals surface area contributed by atoms with Gasteiger partial charge in [-0.2, -0.15) is 5.26 Å². The standard InChI is InChI=1S/C21H18ClN3O/c1-14(18-8-4-6-15-5-2-3-7-19(15)18)24-13-21(26)25-20-11-17(22)10-9-16(20)12-23/h2-11,14,24H,13H2,1H3,(H,25,26)/p+1/t14-/m1/s1. The third-order valence-electron chi connectivity index (χ3n) is 4.35. The number of carbonyl (C=O) groups excluding carboxylic acids is 1. The Morgan fingerprint density at radius 1 is 1.19 bits per heavy atom. The van der Waals surface area contributed by atoms with Crippen LogP contribution in [0.2, 0.25) is 5.02 Å². The highest BCUT2D eigenvalue weighted by molar-refractivity contribution is 6.31. The molecule has 130 valence electrons. The number of fused-ring (bicyclic) bond motifs is 1. The molecule has 4 nitrogen and oxygen atoms in total. The van der Waals surface area contributed by atoms with Crippen LogP contribution in [0.5, 0.6) is 0 Å². The zero-order chi connectivity index (χ0) is 18.5. The normalized spacial score (nSPS) is 11.7. The number of rotatable bonds is 5. The summed E-state index contributed by atoms with van der Waals surface area (Å²) in [4.78, 5) is 12.3. The van der Waals surface area contributed by atoms with Gasteiger partial charge in [0.1, 0.15) is 12.1 Å². The molecule has 0 aromatic heterocycles. The van der Waals surface area contributed by atoms with Gasteiger partial charge in [0.2, 0.25) is 0 Å². The van der Waals surface area contributed by atoms with Crippen molar-refractivity contribution in [1.29, 1.82) is 5.26 Å². The van der Waals surface area contributed by atoms with E-state index in [9.17, 15) is 4.79 Å². The average Bonchev–Trinajstić information content (AvgIpc) is 2.66. The number of carbonyl (C=O) groups is 1. The fourth-order valence-corrected chi connectivity index (χ4v) is 3.15. The van der Waals surface area contributed by atoms with Gasteiger partial charge in [0.05, 0.1) is 11.3 Å². The number of nitrogens with two attached hydrogens (primary N) is 1. The Bertz CT molecular complexity index is 989. The van der Waals surface area contributed by atoms with E-state index in [1.165, 1.54) is 16.3 Å². The minimum Gasteiger partial charge on any atom is -0.332 e. The monoisotopic (exact) mass is 364 g/mol. The summed E-state index contributed by atoms with van der Waals surface area (Å²) in [7, 11) is 0. The van der Waals surface area contributed by atoms with Crippen LogP contribution in [0.3, 0.4) is 0 Å². The van der Waals surface area contributed by atoms with Crippen molar-refractivity contribution in [2.24, 2.45) is 0 Å². The summed E-state index contributed by atoms with van der Waals surface area (Å²) in [6.45, 7) is 2.33. The van der Waals surface area contributed by atoms with Gasteiger partial charge in [-0.25, -0.2) is 0 Å². The van der Waals surface area contributed by atoms with E-state index in [4.69, 9.17) is 16.9 Å². The lowest BCUT2D eigenvalue weighted by Gasteiger charge is -2.14. The van der Waals surface area contributed by atoms with Crippen LogP contribution in [0.4, 0.5) is 5.69 Å². The Kier molecular flexibility index (Phi) is 5.52. The molecule has 1 atom stereocenters. The summed E-state index contributed by atoms with van der Waals surface area (Å²) in [6, 6.07) is 21.4. The van der Waals surface area contributed by atoms with Crippen molar-refractivity contribution < 1.29 is 10.1 Å². The maximum Gasteiger partial charge on any atom is 0.279 e. The van der Waals surface area contributed by atoms with Crippen LogP contribution in [0.25, 0.3) is 10.8 Å². The summed E-state index contributed by atoms with van der Waals surface area (Å²) in [6.07, 6.45) is 0. The SMILES string of the molecule is C[C@@H]([NH2+]CC(=O)Nc1cc(Cl)ccc1C#N)c1cccc2ccccc12. The molecule has 0 aliphatic heterocycles. The first-order chi connectivity index (χ1) is 12.6. The number of quaternary nitrogens is 1. The van der Waals surface area contributed by atoms with Gasteiger partial charge in [-0.3, -0.25) is 4.79 Å². The fraction of sp³-hybridized carbons (Fsp3) is 0.143. The molecule has 3 N–H and O–H groups in total. The van der Waals surface area contributed by atoms with E-state index < -0.39 is 0 Å². The van der Waals surface area contributed by atoms with E-state index in [0.29, 0.717) is 16.3 Å². The minimum absolute atomic E-state index is 0.127. The Labute approximate surface area is 157 Å². The molecule has 0 saturated carbocycles. The van der Waals surface area contributed by atoms with Crippen LogP contribution in [0.1, 0.15) is 24.1 Å². The van der Waals surface area contributed by atoms with E-state index in [1.807, 2.05) is 23.5 Å². The number of nitriles is 1. The predicted molar refractivity (Wildman–Crippen MR) is 104 cm³/mol. The Balaban J connectivity index is 1.68. The lowest BCUT2D eigenvalue weighted by molar-refractivity contribution is -0.682. The van der Waals surface area contributed by atoms with Crippen molar-refractivity contribution >= 4 is 34.0 Å². The van der Waals surface area contributed by atoms with Gasteiger partial charge >= 0.3 is 0 Å². The number of halogens is 1. The van der Waals surface area contributed by atoms with Crippen molar-refractivity contribution in [3.05, 3.63) is 76.8 Å². The lowest BCUT2D eigenvalue weighted by atomic mass is 10.00. The molecule has 0 bridgehead atoms. The molecule has 0 saturated heterocycles. The number of anilines is 1. The summed E-state index contributed by atoms with van der Waals surface area (Å²) in [5.74, 6) is -0.171. The lowest BCUT2D eigenvalue weighted by Crippen LogP contribution is -2.86. The molecule has 0 spiro atoms. The average molecular weight is 365 g/mol. The second kappa shape index (κ2) is 8.01. The largest absolute Gasteiger partial charge is 0.332 e. The zero-order valence-corrected chi connectivity index (χ0v) is 15.1. The maximum absolute atomic E-state index is 12.3. The first-order valence-electron chi connectivity index (χ1n) is 8.39. The Morgan fingerprint density at radius 2 is 1.96 bits per heavy atom. The molecule has 0 aliphatic carbocycles. The van der Waals surface area contributed by atoms with Gasteiger partial charge in [-0.15, -0.1) is 0 Å². The molecule has 0 heterocycles. The third kappa shape index (κ3) is 4.02. The zero-order valence-electron chi connectivity index (χ0n) is 14.4. The number of hydrogen-bond acceptors (Lipinski definition) is 2. The van der Waals surface area contributed by atoms with Crippen molar-refractivity contribution in [3.8, 4) is 6.07 Å². The van der Waals surface area contributed by atoms with Crippen molar-refractivity contribution in [1.82, 2.24) is 0 Å². The van der Waals surface area contributed by atoms with Crippen LogP contribution >= 0.6 is 11.6 Å². The molecule has 0 unspecified atom stereocenters. The van der Waals surface area contributed by atoms with Crippen LogP contribution in [-0.2, 0) is 4.79 Å². The summed E-state index contributed by atoms with van der Waals surface area (Å²) >= 11 is 5.95. The highest BCUT2D eigenvalue weighted by Crippen LogP contribution is 2.22. The predicted octanol–water partition coefficient (Wildman–Crippen LogP) is 3.63. The van der Waals surface area contributed by atoms with Gasteiger partial charge in [0.15, 0.2) is 6.54 Å². The highest BCUT2D eigenvalue weighted by atomic mass is 35.5. The number of hydrogen-bond donors (Lipinski definition) is 2. The van der Waals surface area contributed by atoms with Gasteiger partial charge in [-0.05, 0) is 35.9 Å². The van der Waals surface area contributed by atoms with E-state index in [0.717, 1.165) is 0 Å².